The summed E-state index contributed by atoms with van der Waals surface area (Å²) in [6, 6.07) is 2.49. The molecule has 1 aromatic heterocycles. The minimum atomic E-state index is -0.462. The lowest BCUT2D eigenvalue weighted by Gasteiger charge is -2.25. The highest BCUT2D eigenvalue weighted by molar-refractivity contribution is 5.91. The summed E-state index contributed by atoms with van der Waals surface area (Å²) in [7, 11) is 0. The first-order valence-corrected chi connectivity index (χ1v) is 6.10. The van der Waals surface area contributed by atoms with E-state index in [2.05, 4.69) is 35.1 Å². The van der Waals surface area contributed by atoms with E-state index in [4.69, 9.17) is 11.1 Å². The molecule has 0 saturated heterocycles. The van der Waals surface area contributed by atoms with E-state index in [1.165, 1.54) is 0 Å². The van der Waals surface area contributed by atoms with Gasteiger partial charge in [-0.05, 0) is 13.8 Å². The number of hydrogen-bond donors (Lipinski definition) is 2. The number of carbonyl (C=O) groups excluding carboxylic acids is 1. The van der Waals surface area contributed by atoms with Gasteiger partial charge in [0.25, 0.3) is 5.91 Å². The second-order valence-electron chi connectivity index (χ2n) is 4.38. The summed E-state index contributed by atoms with van der Waals surface area (Å²) >= 11 is 0. The van der Waals surface area contributed by atoms with Crippen LogP contribution in [0.1, 0.15) is 30.8 Å². The van der Waals surface area contributed by atoms with Gasteiger partial charge in [0.1, 0.15) is 0 Å². The average molecular weight is 265 g/mol. The number of aromatic nitrogens is 3. The van der Waals surface area contributed by atoms with E-state index in [0.29, 0.717) is 19.0 Å². The van der Waals surface area contributed by atoms with Crippen molar-refractivity contribution in [3.63, 3.8) is 0 Å². The highest BCUT2D eigenvalue weighted by Gasteiger charge is 2.11. The Morgan fingerprint density at radius 3 is 2.95 bits per heavy atom. The third-order valence-corrected chi connectivity index (χ3v) is 2.76. The summed E-state index contributed by atoms with van der Waals surface area (Å²) in [6.45, 7) is 6.22. The number of rotatable bonds is 7. The smallest absolute Gasteiger partial charge is 0.287 e. The molecular formula is C11H19N7O. The lowest BCUT2D eigenvalue weighted by molar-refractivity contribution is 0.0948. The van der Waals surface area contributed by atoms with Crippen molar-refractivity contribution in [1.82, 2.24) is 25.3 Å². The van der Waals surface area contributed by atoms with E-state index >= 15 is 0 Å². The predicted octanol–water partition coefficient (Wildman–Crippen LogP) is -0.494. The van der Waals surface area contributed by atoms with Crippen LogP contribution in [0.5, 0.6) is 0 Å². The van der Waals surface area contributed by atoms with Crippen LogP contribution in [0.4, 0.5) is 0 Å². The molecule has 0 bridgehead atoms. The lowest BCUT2D eigenvalue weighted by Crippen LogP contribution is -2.34. The van der Waals surface area contributed by atoms with Crippen molar-refractivity contribution in [3.05, 3.63) is 11.9 Å². The third kappa shape index (κ3) is 4.65. The Balaban J connectivity index is 2.52. The van der Waals surface area contributed by atoms with Gasteiger partial charge in [0.05, 0.1) is 18.8 Å². The highest BCUT2D eigenvalue weighted by atomic mass is 16.2. The number of hydrogen-bond acceptors (Lipinski definition) is 6. The maximum Gasteiger partial charge on any atom is 0.287 e. The Morgan fingerprint density at radius 1 is 1.63 bits per heavy atom. The summed E-state index contributed by atoms with van der Waals surface area (Å²) in [5.41, 5.74) is 2.19. The Morgan fingerprint density at radius 2 is 2.37 bits per heavy atom. The SMILES string of the molecule is CC(C)N(CCC#N)CCn1cc(C(=O)NN)nn1. The second-order valence-corrected chi connectivity index (χ2v) is 4.38. The van der Waals surface area contributed by atoms with Gasteiger partial charge in [-0.1, -0.05) is 5.21 Å². The average Bonchev–Trinajstić information content (AvgIpc) is 2.86. The van der Waals surface area contributed by atoms with E-state index in [1.54, 1.807) is 10.9 Å². The molecule has 0 fully saturated rings. The quantitative estimate of drug-likeness (QED) is 0.390. The number of nitrogens with zero attached hydrogens (tertiary/aromatic N) is 5. The van der Waals surface area contributed by atoms with Gasteiger partial charge >= 0.3 is 0 Å². The Labute approximate surface area is 112 Å². The summed E-state index contributed by atoms with van der Waals surface area (Å²) in [6.07, 6.45) is 2.04. The zero-order valence-corrected chi connectivity index (χ0v) is 11.2. The molecule has 0 aromatic carbocycles. The molecule has 8 nitrogen and oxygen atoms in total. The van der Waals surface area contributed by atoms with Crippen molar-refractivity contribution in [2.75, 3.05) is 13.1 Å². The molecule has 19 heavy (non-hydrogen) atoms. The fourth-order valence-corrected chi connectivity index (χ4v) is 1.64. The van der Waals surface area contributed by atoms with Gasteiger partial charge < -0.3 is 0 Å². The minimum Gasteiger partial charge on any atom is -0.298 e. The van der Waals surface area contributed by atoms with Gasteiger partial charge in [0.15, 0.2) is 5.69 Å². The van der Waals surface area contributed by atoms with Gasteiger partial charge in [-0.25, -0.2) is 5.84 Å². The molecule has 104 valence electrons. The number of nitrogens with one attached hydrogen (secondary N) is 1. The molecule has 1 heterocycles. The molecule has 3 N–H and O–H groups in total. The Hall–Kier alpha value is -1.98. The van der Waals surface area contributed by atoms with Crippen molar-refractivity contribution in [1.29, 1.82) is 5.26 Å². The molecule has 1 rings (SSSR count). The van der Waals surface area contributed by atoms with E-state index in [-0.39, 0.29) is 5.69 Å². The zero-order chi connectivity index (χ0) is 14.3. The summed E-state index contributed by atoms with van der Waals surface area (Å²) in [5, 5.41) is 16.2. The van der Waals surface area contributed by atoms with Crippen LogP contribution in [0.3, 0.4) is 0 Å². The van der Waals surface area contributed by atoms with Gasteiger partial charge in [-0.15, -0.1) is 5.10 Å². The van der Waals surface area contributed by atoms with Gasteiger partial charge in [-0.3, -0.25) is 19.8 Å². The molecule has 0 atom stereocenters. The number of amides is 1. The molecule has 0 saturated carbocycles. The van der Waals surface area contributed by atoms with Crippen LogP contribution in [-0.4, -0.2) is 44.9 Å². The third-order valence-electron chi connectivity index (χ3n) is 2.76. The number of nitrogen functional groups attached to an aromatic ring is 1. The predicted molar refractivity (Wildman–Crippen MR) is 68.6 cm³/mol. The van der Waals surface area contributed by atoms with E-state index < -0.39 is 5.91 Å². The molecule has 0 radical (unpaired) electrons. The zero-order valence-electron chi connectivity index (χ0n) is 11.2. The fraction of sp³-hybridized carbons (Fsp3) is 0.636. The summed E-state index contributed by atoms with van der Waals surface area (Å²) < 4.78 is 1.59. The fourth-order valence-electron chi connectivity index (χ4n) is 1.64. The van der Waals surface area contributed by atoms with Gasteiger partial charge in [0, 0.05) is 25.6 Å². The Bertz CT molecular complexity index is 448. The van der Waals surface area contributed by atoms with Crippen molar-refractivity contribution in [3.8, 4) is 6.07 Å². The molecule has 0 aliphatic rings. The topological polar surface area (TPSA) is 113 Å². The van der Waals surface area contributed by atoms with Crippen molar-refractivity contribution >= 4 is 5.91 Å². The Kier molecular flexibility index (Phi) is 5.92. The number of hydrazine groups is 1. The van der Waals surface area contributed by atoms with Crippen LogP contribution in [0, 0.1) is 11.3 Å². The monoisotopic (exact) mass is 265 g/mol. The lowest BCUT2D eigenvalue weighted by atomic mass is 10.3. The van der Waals surface area contributed by atoms with Crippen LogP contribution in [0.15, 0.2) is 6.20 Å². The highest BCUT2D eigenvalue weighted by Crippen LogP contribution is 2.01. The normalized spacial score (nSPS) is 10.7. The maximum atomic E-state index is 11.2. The molecule has 1 aromatic rings. The second kappa shape index (κ2) is 7.45. The molecule has 1 amide bonds. The van der Waals surface area contributed by atoms with Gasteiger partial charge in [-0.2, -0.15) is 5.26 Å². The van der Waals surface area contributed by atoms with E-state index in [9.17, 15) is 4.79 Å². The van der Waals surface area contributed by atoms with Gasteiger partial charge in [0.2, 0.25) is 0 Å². The molecule has 8 heteroatoms. The standard InChI is InChI=1S/C11H19N7O/c1-9(2)17(5-3-4-12)6-7-18-8-10(15-16-18)11(19)14-13/h8-9H,3,5-7,13H2,1-2H3,(H,14,19). The summed E-state index contributed by atoms with van der Waals surface area (Å²) in [4.78, 5) is 13.4. The molecule has 0 unspecified atom stereocenters. The first-order chi connectivity index (χ1) is 9.08. The molecular weight excluding hydrogens is 246 g/mol. The van der Waals surface area contributed by atoms with Crippen LogP contribution in [0.25, 0.3) is 0 Å². The van der Waals surface area contributed by atoms with Crippen LogP contribution < -0.4 is 11.3 Å². The number of nitriles is 1. The van der Waals surface area contributed by atoms with Crippen molar-refractivity contribution < 1.29 is 4.79 Å². The van der Waals surface area contributed by atoms with Crippen LogP contribution >= 0.6 is 0 Å². The van der Waals surface area contributed by atoms with E-state index in [1.807, 2.05) is 5.43 Å². The van der Waals surface area contributed by atoms with Crippen molar-refractivity contribution in [2.24, 2.45) is 5.84 Å². The first-order valence-electron chi connectivity index (χ1n) is 6.10. The summed E-state index contributed by atoms with van der Waals surface area (Å²) in [5.74, 6) is 4.55. The molecule has 0 aliphatic heterocycles. The first kappa shape index (κ1) is 15.1. The molecule has 0 aliphatic carbocycles. The maximum absolute atomic E-state index is 11.2. The van der Waals surface area contributed by atoms with Crippen LogP contribution in [-0.2, 0) is 6.54 Å². The largest absolute Gasteiger partial charge is 0.298 e. The van der Waals surface area contributed by atoms with Crippen molar-refractivity contribution in [2.45, 2.75) is 32.9 Å². The van der Waals surface area contributed by atoms with E-state index in [0.717, 1.165) is 13.1 Å². The minimum absolute atomic E-state index is 0.190. The molecule has 0 spiro atoms. The number of carbonyl (C=O) groups is 1. The number of nitrogens with two attached hydrogens (primary N) is 1. The van der Waals surface area contributed by atoms with Crippen LogP contribution in [0.2, 0.25) is 0 Å².